The van der Waals surface area contributed by atoms with Gasteiger partial charge in [0.1, 0.15) is 0 Å². The maximum atomic E-state index is 13.3. The molecule has 14 fully saturated rings. The molecule has 0 saturated heterocycles. The Morgan fingerprint density at radius 1 is 0.605 bits per heavy atom. The van der Waals surface area contributed by atoms with Gasteiger partial charge in [-0.3, -0.25) is 4.79 Å². The highest BCUT2D eigenvalue weighted by atomic mass is 16.4. The molecule has 2 heteroatoms. The molecule has 0 amide bonds. The number of rotatable bonds is 1. The number of carboxylic acids is 1. The second kappa shape index (κ2) is 5.43. The Balaban J connectivity index is 1.07. The molecule has 0 bridgehead atoms. The van der Waals surface area contributed by atoms with Crippen LogP contribution in [-0.2, 0) is 4.79 Å². The second-order valence-corrected chi connectivity index (χ2v) is 21.1. The van der Waals surface area contributed by atoms with E-state index >= 15 is 0 Å². The van der Waals surface area contributed by atoms with Gasteiger partial charge in [0.05, 0.1) is 5.92 Å². The first-order valence-electron chi connectivity index (χ1n) is 19.6. The van der Waals surface area contributed by atoms with E-state index in [2.05, 4.69) is 12.2 Å². The molecular weight excluding hydrogens is 524 g/mol. The summed E-state index contributed by atoms with van der Waals surface area (Å²) in [7, 11) is 0. The van der Waals surface area contributed by atoms with Gasteiger partial charge in [-0.2, -0.15) is 0 Å². The quantitative estimate of drug-likeness (QED) is 0.398. The van der Waals surface area contributed by atoms with Crippen LogP contribution in [0.15, 0.2) is 34.4 Å². The van der Waals surface area contributed by atoms with Gasteiger partial charge < -0.3 is 5.11 Å². The lowest BCUT2D eigenvalue weighted by atomic mass is 9.43. The van der Waals surface area contributed by atoms with E-state index < -0.39 is 5.97 Å². The third-order valence-electron chi connectivity index (χ3n) is 22.1. The fourth-order valence-corrected chi connectivity index (χ4v) is 23.7. The number of aliphatic carboxylic acids is 1. The van der Waals surface area contributed by atoms with E-state index in [0.29, 0.717) is 5.92 Å². The van der Waals surface area contributed by atoms with Crippen LogP contribution in [0.3, 0.4) is 0 Å². The molecule has 0 aromatic carbocycles. The number of hydrogen-bond donors (Lipinski definition) is 1. The summed E-state index contributed by atoms with van der Waals surface area (Å²) in [5, 5.41) is 10.9. The monoisotopic (exact) mass is 566 g/mol. The molecule has 28 atom stereocenters. The highest BCUT2D eigenvalue weighted by Crippen LogP contribution is 2.94. The molecule has 1 N–H and O–H groups in total. The van der Waals surface area contributed by atoms with Crippen LogP contribution in [0.25, 0.3) is 0 Å². The number of hydrogen-bond acceptors (Lipinski definition) is 1. The van der Waals surface area contributed by atoms with Gasteiger partial charge in [-0.05, 0) is 204 Å². The summed E-state index contributed by atoms with van der Waals surface area (Å²) in [6, 6.07) is 0. The van der Waals surface area contributed by atoms with Gasteiger partial charge in [0.15, 0.2) is 0 Å². The van der Waals surface area contributed by atoms with Crippen molar-refractivity contribution in [3.05, 3.63) is 34.4 Å². The minimum Gasteiger partial charge on any atom is -0.481 e. The van der Waals surface area contributed by atoms with Crippen LogP contribution >= 0.6 is 0 Å². The lowest BCUT2D eigenvalue weighted by Gasteiger charge is -2.61. The molecule has 0 aliphatic heterocycles. The Labute approximate surface area is 253 Å². The third-order valence-corrected chi connectivity index (χ3v) is 22.1. The first kappa shape index (κ1) is 20.7. The van der Waals surface area contributed by atoms with Gasteiger partial charge >= 0.3 is 5.97 Å². The molecule has 0 heterocycles. The van der Waals surface area contributed by atoms with Crippen molar-refractivity contribution in [2.24, 2.45) is 165 Å². The van der Waals surface area contributed by atoms with E-state index in [0.717, 1.165) is 148 Å². The minimum absolute atomic E-state index is 0.0581. The molecule has 14 saturated carbocycles. The maximum absolute atomic E-state index is 13.3. The van der Waals surface area contributed by atoms with Gasteiger partial charge in [0.25, 0.3) is 0 Å². The summed E-state index contributed by atoms with van der Waals surface area (Å²) in [4.78, 5) is 13.3. The molecule has 43 heavy (non-hydrogen) atoms. The Morgan fingerprint density at radius 3 is 1.88 bits per heavy atom. The SMILES string of the molecule is O=C(O)C1C2C3CC4CC5CC6CC7CC8CC9=CC%10=CC12C1=C%10C2C9C9C8C7C7C6C6C5C4C4C3C1C1C2C9C7C6C14. The second-order valence-electron chi connectivity index (χ2n) is 21.1. The first-order chi connectivity index (χ1) is 21.2. The average molecular weight is 567 g/mol. The highest BCUT2D eigenvalue weighted by molar-refractivity contribution is 5.82. The van der Waals surface area contributed by atoms with Gasteiger partial charge in [-0.15, -0.1) is 0 Å². The molecule has 28 unspecified atom stereocenters. The van der Waals surface area contributed by atoms with E-state index in [-0.39, 0.29) is 11.3 Å². The van der Waals surface area contributed by atoms with E-state index in [4.69, 9.17) is 0 Å². The summed E-state index contributed by atoms with van der Waals surface area (Å²) >= 11 is 0. The summed E-state index contributed by atoms with van der Waals surface area (Å²) in [5.41, 5.74) is 7.22. The van der Waals surface area contributed by atoms with Crippen molar-refractivity contribution in [2.75, 3.05) is 0 Å². The largest absolute Gasteiger partial charge is 0.481 e. The van der Waals surface area contributed by atoms with E-state index in [1.54, 1.807) is 31.3 Å². The van der Waals surface area contributed by atoms with Crippen molar-refractivity contribution in [1.29, 1.82) is 0 Å². The standard InChI is InChI=1S/C41H42O2/c42-40(43)39-37-16-7-14-5-11-3-12-2-9-1-10-4-13-6-15-8-41(37,39)38-23(15)28-22(13)27-18(10)17(9)25-21(12)26-19(11)20(14)29-24(16)36(38)35-33(28)31(27)30(25)32(26)34(29)35/h6,8-12,14,16-22,24-37,39H,1-5,7H2,(H,42,43). The lowest BCUT2D eigenvalue weighted by molar-refractivity contribution is -0.144. The molecular formula is C41H42O2. The minimum atomic E-state index is -0.425. The molecule has 1 spiro atoms. The van der Waals surface area contributed by atoms with Crippen molar-refractivity contribution < 1.29 is 9.90 Å². The van der Waals surface area contributed by atoms with Gasteiger partial charge in [-0.1, -0.05) is 23.3 Å². The molecule has 218 valence electrons. The molecule has 2 nitrogen and oxygen atoms in total. The molecule has 0 aromatic rings. The summed E-state index contributed by atoms with van der Waals surface area (Å²) < 4.78 is 0. The van der Waals surface area contributed by atoms with Crippen molar-refractivity contribution in [2.45, 2.75) is 38.5 Å². The Hall–Kier alpha value is -1.31. The number of carbonyl (C=O) groups is 1. The van der Waals surface area contributed by atoms with Gasteiger partial charge in [0.2, 0.25) is 0 Å². The number of carboxylic acid groups (broad SMARTS) is 1. The molecule has 17 aliphatic rings. The van der Waals surface area contributed by atoms with E-state index in [1.807, 2.05) is 16.7 Å². The predicted molar refractivity (Wildman–Crippen MR) is 155 cm³/mol. The van der Waals surface area contributed by atoms with Crippen LogP contribution in [0.4, 0.5) is 0 Å². The number of allylic oxidation sites excluding steroid dienone is 6. The smallest absolute Gasteiger partial charge is 0.308 e. The molecule has 17 aliphatic carbocycles. The van der Waals surface area contributed by atoms with Crippen LogP contribution < -0.4 is 0 Å². The Morgan fingerprint density at radius 2 is 1.14 bits per heavy atom. The van der Waals surface area contributed by atoms with Crippen molar-refractivity contribution in [3.63, 3.8) is 0 Å². The fourth-order valence-electron chi connectivity index (χ4n) is 23.7. The lowest BCUT2D eigenvalue weighted by Crippen LogP contribution is -2.58. The van der Waals surface area contributed by atoms with Gasteiger partial charge in [0, 0.05) is 5.41 Å². The van der Waals surface area contributed by atoms with Crippen LogP contribution in [0, 0.1) is 165 Å². The average Bonchev–Trinajstić information content (AvgIpc) is 3.58. The van der Waals surface area contributed by atoms with Gasteiger partial charge in [-0.25, -0.2) is 0 Å². The van der Waals surface area contributed by atoms with E-state index in [1.165, 1.54) is 12.8 Å². The van der Waals surface area contributed by atoms with Crippen LogP contribution in [0.1, 0.15) is 38.5 Å². The topological polar surface area (TPSA) is 37.3 Å². The van der Waals surface area contributed by atoms with Crippen LogP contribution in [0.5, 0.6) is 0 Å². The first-order valence-corrected chi connectivity index (χ1v) is 19.6. The van der Waals surface area contributed by atoms with Crippen LogP contribution in [0.2, 0.25) is 0 Å². The zero-order chi connectivity index (χ0) is 26.6. The molecule has 0 aromatic heterocycles. The number of fused-ring (bicyclic) bond motifs is 1. The normalized spacial score (nSPS) is 80.2. The Kier molecular flexibility index (Phi) is 2.62. The molecule has 0 radical (unpaired) electrons. The zero-order valence-electron chi connectivity index (χ0n) is 24.8. The Bertz CT molecular complexity index is 1750. The molecule has 17 rings (SSSR count). The summed E-state index contributed by atoms with van der Waals surface area (Å²) in [6.45, 7) is 0. The van der Waals surface area contributed by atoms with Crippen LogP contribution in [-0.4, -0.2) is 11.1 Å². The summed E-state index contributed by atoms with van der Waals surface area (Å²) in [6.07, 6.45) is 14.8. The van der Waals surface area contributed by atoms with Crippen molar-refractivity contribution in [1.82, 2.24) is 0 Å². The summed E-state index contributed by atoms with van der Waals surface area (Å²) in [5.74, 6) is 25.3. The van der Waals surface area contributed by atoms with E-state index in [9.17, 15) is 9.90 Å². The fraction of sp³-hybridized carbons (Fsp3) is 0.829. The van der Waals surface area contributed by atoms with Crippen molar-refractivity contribution >= 4 is 5.97 Å². The maximum Gasteiger partial charge on any atom is 0.308 e. The third kappa shape index (κ3) is 1.53. The van der Waals surface area contributed by atoms with Crippen molar-refractivity contribution in [3.8, 4) is 0 Å². The predicted octanol–water partition coefficient (Wildman–Crippen LogP) is 6.42. The zero-order valence-corrected chi connectivity index (χ0v) is 24.8. The highest BCUT2D eigenvalue weighted by Gasteiger charge is 2.90.